The lowest BCUT2D eigenvalue weighted by Crippen LogP contribution is -2.85. The van der Waals surface area contributed by atoms with Crippen LogP contribution in [-0.4, -0.2) is 29.5 Å². The molecule has 3 aromatic heterocycles. The molecule has 1 amide bonds. The van der Waals surface area contributed by atoms with Crippen LogP contribution in [0.15, 0.2) is 33.0 Å². The number of carbonyl (C=O) groups is 1. The summed E-state index contributed by atoms with van der Waals surface area (Å²) in [4.78, 5) is 31.4. The molecule has 22 heavy (non-hydrogen) atoms. The summed E-state index contributed by atoms with van der Waals surface area (Å²) in [5, 5.41) is 6.72. The van der Waals surface area contributed by atoms with Gasteiger partial charge in [0, 0.05) is 18.0 Å². The van der Waals surface area contributed by atoms with Crippen molar-refractivity contribution in [1.29, 1.82) is 0 Å². The van der Waals surface area contributed by atoms with Gasteiger partial charge in [0.1, 0.15) is 17.1 Å². The minimum absolute atomic E-state index is 0.0698. The lowest BCUT2D eigenvalue weighted by atomic mass is 10.2. The van der Waals surface area contributed by atoms with Crippen molar-refractivity contribution in [1.82, 2.24) is 15.3 Å². The summed E-state index contributed by atoms with van der Waals surface area (Å²) in [5.74, 6) is 1.13. The molecule has 4 N–H and O–H groups in total. The molecule has 3 rings (SSSR count). The summed E-state index contributed by atoms with van der Waals surface area (Å²) < 4.78 is 5.35. The van der Waals surface area contributed by atoms with Crippen molar-refractivity contribution in [2.24, 2.45) is 0 Å². The van der Waals surface area contributed by atoms with Crippen molar-refractivity contribution < 1.29 is 14.5 Å². The molecule has 3 aromatic rings. The number of rotatable bonds is 5. The van der Waals surface area contributed by atoms with Gasteiger partial charge in [0.05, 0.1) is 11.6 Å². The average Bonchev–Trinajstić information content (AvgIpc) is 3.15. The van der Waals surface area contributed by atoms with Crippen molar-refractivity contribution in [2.75, 3.05) is 13.6 Å². The van der Waals surface area contributed by atoms with E-state index in [9.17, 15) is 9.59 Å². The number of carbonyl (C=O) groups excluding carboxylic acids is 1. The zero-order valence-electron chi connectivity index (χ0n) is 11.9. The van der Waals surface area contributed by atoms with Crippen LogP contribution in [-0.2, 0) is 11.3 Å². The van der Waals surface area contributed by atoms with E-state index in [1.165, 1.54) is 11.3 Å². The Morgan fingerprint density at radius 2 is 2.41 bits per heavy atom. The molecule has 0 radical (unpaired) electrons. The summed E-state index contributed by atoms with van der Waals surface area (Å²) >= 11 is 1.40. The third-order valence-electron chi connectivity index (χ3n) is 3.23. The zero-order chi connectivity index (χ0) is 15.5. The minimum atomic E-state index is -0.194. The number of nitrogens with zero attached hydrogens (tertiary/aromatic N) is 1. The van der Waals surface area contributed by atoms with Crippen LogP contribution in [0.2, 0.25) is 0 Å². The van der Waals surface area contributed by atoms with Gasteiger partial charge in [0.25, 0.3) is 11.5 Å². The Bertz CT molecular complexity index is 851. The molecule has 0 spiro atoms. The Morgan fingerprint density at radius 3 is 3.14 bits per heavy atom. The summed E-state index contributed by atoms with van der Waals surface area (Å²) in [6.07, 6.45) is 1.57. The van der Waals surface area contributed by atoms with E-state index in [-0.39, 0.29) is 11.5 Å². The maximum absolute atomic E-state index is 12.3. The quantitative estimate of drug-likeness (QED) is 0.618. The third-order valence-corrected chi connectivity index (χ3v) is 4.10. The highest BCUT2D eigenvalue weighted by Crippen LogP contribution is 2.30. The molecule has 0 aliphatic heterocycles. The van der Waals surface area contributed by atoms with Gasteiger partial charge in [-0.3, -0.25) is 9.59 Å². The van der Waals surface area contributed by atoms with Gasteiger partial charge in [-0.05, 0) is 12.1 Å². The molecule has 0 unspecified atom stereocenters. The van der Waals surface area contributed by atoms with E-state index in [0.717, 1.165) is 5.56 Å². The Labute approximate surface area is 129 Å². The fourth-order valence-electron chi connectivity index (χ4n) is 2.15. The number of aromatic nitrogens is 2. The van der Waals surface area contributed by atoms with Gasteiger partial charge in [-0.2, -0.15) is 0 Å². The van der Waals surface area contributed by atoms with E-state index in [2.05, 4.69) is 15.3 Å². The third kappa shape index (κ3) is 2.78. The zero-order valence-corrected chi connectivity index (χ0v) is 12.7. The number of aromatic amines is 1. The number of hydrogen-bond acceptors (Lipinski definition) is 5. The smallest absolute Gasteiger partial charge is 0.274 e. The Balaban J connectivity index is 1.88. The molecule has 0 fully saturated rings. The fourth-order valence-corrected chi connectivity index (χ4v) is 3.09. The number of nitrogens with one attached hydrogen (secondary N) is 2. The highest BCUT2D eigenvalue weighted by Gasteiger charge is 2.15. The molecule has 7 nitrogen and oxygen atoms in total. The summed E-state index contributed by atoms with van der Waals surface area (Å²) in [7, 11) is 1.59. The van der Waals surface area contributed by atoms with Crippen molar-refractivity contribution in [3.05, 3.63) is 40.0 Å². The normalized spacial score (nSPS) is 11.0. The molecule has 8 heteroatoms. The van der Waals surface area contributed by atoms with Crippen molar-refractivity contribution in [2.45, 2.75) is 6.54 Å². The summed E-state index contributed by atoms with van der Waals surface area (Å²) in [5.41, 5.74) is 0.556. The topological polar surface area (TPSA) is 105 Å². The summed E-state index contributed by atoms with van der Waals surface area (Å²) in [6, 6.07) is 3.59. The number of nitrogens with two attached hydrogens (primary N) is 1. The number of likely N-dealkylation sites (N-methyl/N-ethyl adjacent to an activating group) is 1. The molecule has 0 bridgehead atoms. The largest absolute Gasteiger partial charge is 0.464 e. The predicted octanol–water partition coefficient (Wildman–Crippen LogP) is 0.0540. The predicted molar refractivity (Wildman–Crippen MR) is 82.5 cm³/mol. The number of amides is 1. The van der Waals surface area contributed by atoms with Gasteiger partial charge in [-0.1, -0.05) is 0 Å². The first-order chi connectivity index (χ1) is 10.7. The number of thiophene rings is 1. The lowest BCUT2D eigenvalue weighted by Gasteiger charge is -2.01. The van der Waals surface area contributed by atoms with Gasteiger partial charge in [0.2, 0.25) is 0 Å². The summed E-state index contributed by atoms with van der Waals surface area (Å²) in [6.45, 7) is 0.729. The molecule has 3 heterocycles. The first-order valence-corrected chi connectivity index (χ1v) is 7.63. The Morgan fingerprint density at radius 1 is 1.55 bits per heavy atom. The van der Waals surface area contributed by atoms with E-state index in [1.54, 1.807) is 24.7 Å². The van der Waals surface area contributed by atoms with Crippen LogP contribution in [0, 0.1) is 0 Å². The van der Waals surface area contributed by atoms with E-state index in [1.807, 2.05) is 11.4 Å². The Kier molecular flexibility index (Phi) is 4.03. The van der Waals surface area contributed by atoms with Crippen molar-refractivity contribution in [3.8, 4) is 11.3 Å². The fraction of sp³-hybridized carbons (Fsp3) is 0.214. The number of fused-ring (bicyclic) bond motifs is 1. The van der Waals surface area contributed by atoms with Gasteiger partial charge in [-0.15, -0.1) is 11.3 Å². The van der Waals surface area contributed by atoms with Crippen LogP contribution in [0.5, 0.6) is 0 Å². The number of H-pyrrole nitrogens is 1. The van der Waals surface area contributed by atoms with Crippen LogP contribution in [0.25, 0.3) is 21.5 Å². The number of quaternary nitrogens is 1. The second kappa shape index (κ2) is 6.12. The average molecular weight is 319 g/mol. The molecule has 0 saturated carbocycles. The van der Waals surface area contributed by atoms with Gasteiger partial charge < -0.3 is 20.0 Å². The van der Waals surface area contributed by atoms with Crippen LogP contribution < -0.4 is 16.2 Å². The SMILES string of the molecule is CNC(=O)C[NH2+]Cc1nc2scc(-c3ccco3)c2c(=O)[nH]1. The van der Waals surface area contributed by atoms with E-state index >= 15 is 0 Å². The lowest BCUT2D eigenvalue weighted by molar-refractivity contribution is -0.661. The standard InChI is InChI=1S/C14H14N4O3S/c1-15-11(19)6-16-5-10-17-13(20)12-8(7-22-14(12)18-10)9-3-2-4-21-9/h2-4,7,16H,5-6H2,1H3,(H,15,19)(H,17,18,20)/p+1. The molecule has 0 aliphatic carbocycles. The second-order valence-electron chi connectivity index (χ2n) is 4.69. The van der Waals surface area contributed by atoms with Crippen LogP contribution in [0.4, 0.5) is 0 Å². The Hall–Kier alpha value is -2.45. The minimum Gasteiger partial charge on any atom is -0.464 e. The monoisotopic (exact) mass is 319 g/mol. The first kappa shape index (κ1) is 14.5. The van der Waals surface area contributed by atoms with Gasteiger partial charge in [0.15, 0.2) is 12.4 Å². The molecular formula is C14H15N4O3S+. The second-order valence-corrected chi connectivity index (χ2v) is 5.55. The molecule has 0 saturated heterocycles. The maximum Gasteiger partial charge on any atom is 0.274 e. The van der Waals surface area contributed by atoms with Crippen molar-refractivity contribution >= 4 is 27.5 Å². The molecule has 114 valence electrons. The highest BCUT2D eigenvalue weighted by atomic mass is 32.1. The van der Waals surface area contributed by atoms with Gasteiger partial charge in [-0.25, -0.2) is 4.98 Å². The van der Waals surface area contributed by atoms with E-state index in [4.69, 9.17) is 4.42 Å². The number of hydrogen-bond donors (Lipinski definition) is 3. The molecule has 0 atom stereocenters. The molecular weight excluding hydrogens is 304 g/mol. The van der Waals surface area contributed by atoms with Crippen molar-refractivity contribution in [3.63, 3.8) is 0 Å². The van der Waals surface area contributed by atoms with Crippen LogP contribution in [0.3, 0.4) is 0 Å². The maximum atomic E-state index is 12.3. The first-order valence-electron chi connectivity index (χ1n) is 6.75. The van der Waals surface area contributed by atoms with E-state index < -0.39 is 0 Å². The van der Waals surface area contributed by atoms with Crippen LogP contribution >= 0.6 is 11.3 Å². The number of furan rings is 1. The van der Waals surface area contributed by atoms with Crippen LogP contribution in [0.1, 0.15) is 5.82 Å². The molecule has 0 aromatic carbocycles. The molecule has 0 aliphatic rings. The van der Waals surface area contributed by atoms with Gasteiger partial charge >= 0.3 is 0 Å². The highest BCUT2D eigenvalue weighted by molar-refractivity contribution is 7.17. The van der Waals surface area contributed by atoms with E-state index in [0.29, 0.717) is 34.9 Å².